The molecular weight excluding hydrogens is 388 g/mol. The molecule has 2 heterocycles. The van der Waals surface area contributed by atoms with Crippen molar-refractivity contribution in [3.8, 4) is 5.75 Å². The van der Waals surface area contributed by atoms with E-state index >= 15 is 0 Å². The Kier molecular flexibility index (Phi) is 5.59. The van der Waals surface area contributed by atoms with Gasteiger partial charge in [-0.05, 0) is 24.1 Å². The van der Waals surface area contributed by atoms with Crippen molar-refractivity contribution < 1.29 is 32.0 Å². The third kappa shape index (κ3) is 4.61. The van der Waals surface area contributed by atoms with Crippen LogP contribution in [-0.4, -0.2) is 53.6 Å². The number of hydrogen-bond donors (Lipinski definition) is 1. The Bertz CT molecular complexity index is 774. The average molecular weight is 406 g/mol. The van der Waals surface area contributed by atoms with Crippen molar-refractivity contribution in [1.82, 2.24) is 10.2 Å². The molecule has 1 aromatic rings. The summed E-state index contributed by atoms with van der Waals surface area (Å²) in [5, 5.41) is 14.1. The number of hydrogen-bond acceptors (Lipinski definition) is 7. The maximum absolute atomic E-state index is 13.8. The Labute approximate surface area is 157 Å². The van der Waals surface area contributed by atoms with Gasteiger partial charge in [0, 0.05) is 18.0 Å². The van der Waals surface area contributed by atoms with Crippen molar-refractivity contribution in [2.45, 2.75) is 44.6 Å². The quantitative estimate of drug-likeness (QED) is 0.443. The SMILES string of the molecule is CCC1OC2=NC([N+](=O)[O-])CN2C[C@@H]1NCc1ccc(OC(F)(F)F)c(F)c1. The number of nitrogens with one attached hydrogen (secondary N) is 1. The van der Waals surface area contributed by atoms with Gasteiger partial charge in [0.05, 0.1) is 6.04 Å². The van der Waals surface area contributed by atoms with E-state index in [9.17, 15) is 27.7 Å². The average Bonchev–Trinajstić information content (AvgIpc) is 3.03. The van der Waals surface area contributed by atoms with Crippen LogP contribution in [0.25, 0.3) is 0 Å². The van der Waals surface area contributed by atoms with Crippen molar-refractivity contribution in [1.29, 1.82) is 0 Å². The van der Waals surface area contributed by atoms with Crippen molar-refractivity contribution in [2.75, 3.05) is 13.1 Å². The molecule has 1 aromatic carbocycles. The molecule has 2 unspecified atom stereocenters. The molecule has 2 aliphatic rings. The van der Waals surface area contributed by atoms with Crippen LogP contribution in [0.4, 0.5) is 17.6 Å². The van der Waals surface area contributed by atoms with E-state index in [1.807, 2.05) is 6.92 Å². The molecule has 0 spiro atoms. The summed E-state index contributed by atoms with van der Waals surface area (Å²) in [6, 6.07) is 3.23. The number of alkyl halides is 3. The monoisotopic (exact) mass is 406 g/mol. The van der Waals surface area contributed by atoms with E-state index in [4.69, 9.17) is 4.74 Å². The predicted octanol–water partition coefficient (Wildman–Crippen LogP) is 2.27. The second-order valence-corrected chi connectivity index (χ2v) is 6.45. The highest BCUT2D eigenvalue weighted by atomic mass is 19.4. The second kappa shape index (κ2) is 7.78. The van der Waals surface area contributed by atoms with Crippen molar-refractivity contribution in [3.63, 3.8) is 0 Å². The minimum absolute atomic E-state index is 0.106. The van der Waals surface area contributed by atoms with Gasteiger partial charge in [-0.2, -0.15) is 4.99 Å². The largest absolute Gasteiger partial charge is 0.573 e. The fourth-order valence-corrected chi connectivity index (χ4v) is 3.14. The van der Waals surface area contributed by atoms with Gasteiger partial charge in [0.2, 0.25) is 0 Å². The molecule has 1 fully saturated rings. The van der Waals surface area contributed by atoms with Gasteiger partial charge in [-0.3, -0.25) is 10.1 Å². The van der Waals surface area contributed by atoms with Crippen molar-refractivity contribution >= 4 is 6.02 Å². The number of nitro groups is 1. The number of fused-ring (bicyclic) bond motifs is 1. The lowest BCUT2D eigenvalue weighted by Gasteiger charge is -2.37. The van der Waals surface area contributed by atoms with E-state index in [0.717, 1.165) is 12.1 Å². The molecule has 12 heteroatoms. The summed E-state index contributed by atoms with van der Waals surface area (Å²) >= 11 is 0. The maximum atomic E-state index is 13.8. The van der Waals surface area contributed by atoms with E-state index in [1.54, 1.807) is 4.90 Å². The van der Waals surface area contributed by atoms with Crippen molar-refractivity contribution in [3.05, 3.63) is 39.7 Å². The topological polar surface area (TPSA) is 89.2 Å². The molecule has 0 radical (unpaired) electrons. The Morgan fingerprint density at radius 3 is 2.79 bits per heavy atom. The molecule has 0 aliphatic carbocycles. The van der Waals surface area contributed by atoms with E-state index < -0.39 is 29.0 Å². The lowest BCUT2D eigenvalue weighted by atomic mass is 10.1. The first-order valence-corrected chi connectivity index (χ1v) is 8.56. The predicted molar refractivity (Wildman–Crippen MR) is 88.7 cm³/mol. The second-order valence-electron chi connectivity index (χ2n) is 6.45. The zero-order chi connectivity index (χ0) is 20.5. The zero-order valence-corrected chi connectivity index (χ0v) is 14.8. The smallest absolute Gasteiger partial charge is 0.460 e. The van der Waals surface area contributed by atoms with E-state index in [-0.39, 0.29) is 31.3 Å². The molecule has 154 valence electrons. The Hall–Kier alpha value is -2.63. The molecule has 0 amide bonds. The van der Waals surface area contributed by atoms with Crippen LogP contribution >= 0.6 is 0 Å². The molecule has 3 rings (SSSR count). The molecule has 0 bridgehead atoms. The molecule has 3 atom stereocenters. The number of ether oxygens (including phenoxy) is 2. The highest BCUT2D eigenvalue weighted by Crippen LogP contribution is 2.26. The molecule has 2 aliphatic heterocycles. The van der Waals surface area contributed by atoms with E-state index in [0.29, 0.717) is 18.5 Å². The minimum atomic E-state index is -4.97. The van der Waals surface area contributed by atoms with Crippen LogP contribution in [0.5, 0.6) is 5.75 Å². The standard InChI is InChI=1S/C16H18F4N4O4/c1-2-12-11(7-23-8-14(24(25)26)22-15(23)27-12)21-6-9-3-4-13(10(17)5-9)28-16(18,19)20/h3-5,11-12,14,21H,2,6-8H2,1H3/t11-,12?,14?/m0/s1. The van der Waals surface area contributed by atoms with E-state index in [2.05, 4.69) is 15.0 Å². The Morgan fingerprint density at radius 1 is 1.43 bits per heavy atom. The number of nitrogens with zero attached hydrogens (tertiary/aromatic N) is 3. The van der Waals surface area contributed by atoms with Gasteiger partial charge >= 0.3 is 12.5 Å². The number of aliphatic imine (C=N–C) groups is 1. The first-order valence-electron chi connectivity index (χ1n) is 8.56. The first-order chi connectivity index (χ1) is 13.2. The van der Waals surface area contributed by atoms with Crippen LogP contribution in [0, 0.1) is 15.9 Å². The normalized spacial score (nSPS) is 24.4. The molecule has 0 saturated carbocycles. The van der Waals surface area contributed by atoms with Gasteiger partial charge in [0.25, 0.3) is 6.02 Å². The van der Waals surface area contributed by atoms with Crippen LogP contribution in [0.1, 0.15) is 18.9 Å². The van der Waals surface area contributed by atoms with Crippen LogP contribution in [0.3, 0.4) is 0 Å². The number of halogens is 4. The van der Waals surface area contributed by atoms with E-state index in [1.165, 1.54) is 6.07 Å². The lowest BCUT2D eigenvalue weighted by molar-refractivity contribution is -0.518. The summed E-state index contributed by atoms with van der Waals surface area (Å²) in [4.78, 5) is 16.1. The number of amidine groups is 1. The highest BCUT2D eigenvalue weighted by molar-refractivity contribution is 5.76. The molecule has 8 nitrogen and oxygen atoms in total. The lowest BCUT2D eigenvalue weighted by Crippen LogP contribution is -2.56. The fourth-order valence-electron chi connectivity index (χ4n) is 3.14. The van der Waals surface area contributed by atoms with Gasteiger partial charge in [0.1, 0.15) is 12.6 Å². The molecule has 28 heavy (non-hydrogen) atoms. The summed E-state index contributed by atoms with van der Waals surface area (Å²) in [5.74, 6) is -2.02. The summed E-state index contributed by atoms with van der Waals surface area (Å²) in [5.41, 5.74) is 0.422. The summed E-state index contributed by atoms with van der Waals surface area (Å²) in [7, 11) is 0. The van der Waals surface area contributed by atoms with Gasteiger partial charge in [0.15, 0.2) is 11.6 Å². The van der Waals surface area contributed by atoms with Crippen molar-refractivity contribution in [2.24, 2.45) is 4.99 Å². The zero-order valence-electron chi connectivity index (χ0n) is 14.8. The summed E-state index contributed by atoms with van der Waals surface area (Å²) in [6.07, 6.45) is -5.72. The van der Waals surface area contributed by atoms with Gasteiger partial charge < -0.3 is 19.7 Å². The highest BCUT2D eigenvalue weighted by Gasteiger charge is 2.41. The third-order valence-electron chi connectivity index (χ3n) is 4.47. The molecule has 1 saturated heterocycles. The Balaban J connectivity index is 1.62. The first kappa shape index (κ1) is 20.1. The third-order valence-corrected chi connectivity index (χ3v) is 4.47. The molecular formula is C16H18F4N4O4. The minimum Gasteiger partial charge on any atom is -0.460 e. The van der Waals surface area contributed by atoms with Gasteiger partial charge in [-0.15, -0.1) is 13.2 Å². The molecule has 0 aromatic heterocycles. The summed E-state index contributed by atoms with van der Waals surface area (Å²) in [6.45, 7) is 2.58. The summed E-state index contributed by atoms with van der Waals surface area (Å²) < 4.78 is 59.8. The maximum Gasteiger partial charge on any atom is 0.573 e. The number of rotatable bonds is 6. The van der Waals surface area contributed by atoms with Crippen LogP contribution < -0.4 is 10.1 Å². The van der Waals surface area contributed by atoms with Crippen LogP contribution in [0.2, 0.25) is 0 Å². The van der Waals surface area contributed by atoms with Crippen LogP contribution in [-0.2, 0) is 11.3 Å². The Morgan fingerprint density at radius 2 is 2.18 bits per heavy atom. The van der Waals surface area contributed by atoms with Crippen LogP contribution in [0.15, 0.2) is 23.2 Å². The number of benzene rings is 1. The van der Waals surface area contributed by atoms with Gasteiger partial charge in [-0.25, -0.2) is 4.39 Å². The molecule has 1 N–H and O–H groups in total. The fraction of sp³-hybridized carbons (Fsp3) is 0.562. The van der Waals surface area contributed by atoms with Gasteiger partial charge in [-0.1, -0.05) is 13.0 Å².